The third-order valence-electron chi connectivity index (χ3n) is 3.23. The summed E-state index contributed by atoms with van der Waals surface area (Å²) in [4.78, 5) is 0. The van der Waals surface area contributed by atoms with Crippen LogP contribution < -0.4 is 10.5 Å². The van der Waals surface area contributed by atoms with Gasteiger partial charge < -0.3 is 15.2 Å². The third-order valence-corrected chi connectivity index (χ3v) is 3.23. The minimum atomic E-state index is 0.0539. The highest BCUT2D eigenvalue weighted by Crippen LogP contribution is 2.33. The van der Waals surface area contributed by atoms with E-state index in [2.05, 4.69) is 18.2 Å². The number of ether oxygens (including phenoxy) is 2. The van der Waals surface area contributed by atoms with E-state index in [0.29, 0.717) is 0 Å². The lowest BCUT2D eigenvalue weighted by atomic mass is 9.96. The van der Waals surface area contributed by atoms with Gasteiger partial charge in [0.1, 0.15) is 5.75 Å². The van der Waals surface area contributed by atoms with Crippen LogP contribution in [0.4, 0.5) is 0 Å². The first-order chi connectivity index (χ1) is 8.33. The summed E-state index contributed by atoms with van der Waals surface area (Å²) >= 11 is 0. The van der Waals surface area contributed by atoms with Crippen LogP contribution in [-0.4, -0.2) is 20.3 Å². The summed E-state index contributed by atoms with van der Waals surface area (Å²) in [5.74, 6) is 1.03. The molecule has 1 heterocycles. The van der Waals surface area contributed by atoms with Gasteiger partial charge in [-0.15, -0.1) is 0 Å². The standard InChI is InChI=1S/C14H21NO2/c1-16-9-4-8-13(15)12-7-2-5-11-6-3-10-17-14(11)12/h2,5,7,13H,3-4,6,8-10,15H2,1H3. The van der Waals surface area contributed by atoms with Gasteiger partial charge in [0, 0.05) is 25.3 Å². The molecule has 0 spiro atoms. The number of rotatable bonds is 5. The van der Waals surface area contributed by atoms with Gasteiger partial charge in [-0.25, -0.2) is 0 Å². The van der Waals surface area contributed by atoms with Crippen LogP contribution in [0.2, 0.25) is 0 Å². The summed E-state index contributed by atoms with van der Waals surface area (Å²) in [6.45, 7) is 1.58. The van der Waals surface area contributed by atoms with Crippen molar-refractivity contribution in [2.24, 2.45) is 5.73 Å². The molecule has 2 rings (SSSR count). The molecule has 1 unspecified atom stereocenters. The zero-order valence-electron chi connectivity index (χ0n) is 10.4. The van der Waals surface area contributed by atoms with E-state index in [9.17, 15) is 0 Å². The summed E-state index contributed by atoms with van der Waals surface area (Å²) < 4.78 is 10.8. The highest BCUT2D eigenvalue weighted by atomic mass is 16.5. The van der Waals surface area contributed by atoms with Crippen molar-refractivity contribution in [2.75, 3.05) is 20.3 Å². The summed E-state index contributed by atoms with van der Waals surface area (Å²) in [7, 11) is 1.72. The fraction of sp³-hybridized carbons (Fsp3) is 0.571. The summed E-state index contributed by atoms with van der Waals surface area (Å²) in [6, 6.07) is 6.36. The average Bonchev–Trinajstić information content (AvgIpc) is 2.38. The number of methoxy groups -OCH3 is 1. The molecule has 0 fully saturated rings. The quantitative estimate of drug-likeness (QED) is 0.797. The first-order valence-electron chi connectivity index (χ1n) is 6.32. The molecule has 1 aromatic rings. The maximum atomic E-state index is 6.22. The van der Waals surface area contributed by atoms with Crippen molar-refractivity contribution in [1.29, 1.82) is 0 Å². The zero-order valence-corrected chi connectivity index (χ0v) is 10.4. The number of hydrogen-bond acceptors (Lipinski definition) is 3. The predicted octanol–water partition coefficient (Wildman–Crippen LogP) is 2.44. The first-order valence-corrected chi connectivity index (χ1v) is 6.32. The van der Waals surface area contributed by atoms with Crippen LogP contribution in [0.1, 0.15) is 36.4 Å². The van der Waals surface area contributed by atoms with Gasteiger partial charge in [-0.05, 0) is 31.2 Å². The molecule has 3 heteroatoms. The molecule has 1 aliphatic rings. The second kappa shape index (κ2) is 6.03. The molecule has 2 N–H and O–H groups in total. The van der Waals surface area contributed by atoms with E-state index in [-0.39, 0.29) is 6.04 Å². The van der Waals surface area contributed by atoms with Crippen molar-refractivity contribution in [3.05, 3.63) is 29.3 Å². The Bertz CT molecular complexity index is 365. The van der Waals surface area contributed by atoms with Gasteiger partial charge in [-0.1, -0.05) is 18.2 Å². The topological polar surface area (TPSA) is 44.5 Å². The van der Waals surface area contributed by atoms with Crippen LogP contribution >= 0.6 is 0 Å². The first kappa shape index (κ1) is 12.4. The number of fused-ring (bicyclic) bond motifs is 1. The molecule has 94 valence electrons. The van der Waals surface area contributed by atoms with E-state index >= 15 is 0 Å². The molecule has 1 aromatic carbocycles. The van der Waals surface area contributed by atoms with E-state index in [1.54, 1.807) is 7.11 Å². The Balaban J connectivity index is 2.09. The monoisotopic (exact) mass is 235 g/mol. The molecular weight excluding hydrogens is 214 g/mol. The van der Waals surface area contributed by atoms with Crippen LogP contribution in [0.3, 0.4) is 0 Å². The van der Waals surface area contributed by atoms with Crippen LogP contribution in [0.25, 0.3) is 0 Å². The molecule has 0 saturated carbocycles. The van der Waals surface area contributed by atoms with Crippen LogP contribution in [0.5, 0.6) is 5.75 Å². The highest BCUT2D eigenvalue weighted by Gasteiger charge is 2.18. The second-order valence-corrected chi connectivity index (χ2v) is 4.53. The van der Waals surface area contributed by atoms with Crippen molar-refractivity contribution in [3.8, 4) is 5.75 Å². The molecule has 3 nitrogen and oxygen atoms in total. The van der Waals surface area contributed by atoms with Crippen LogP contribution in [0, 0.1) is 0 Å². The minimum absolute atomic E-state index is 0.0539. The Labute approximate surface area is 103 Å². The van der Waals surface area contributed by atoms with Gasteiger partial charge in [0.15, 0.2) is 0 Å². The lowest BCUT2D eigenvalue weighted by Crippen LogP contribution is -2.16. The second-order valence-electron chi connectivity index (χ2n) is 4.53. The number of aryl methyl sites for hydroxylation is 1. The van der Waals surface area contributed by atoms with E-state index in [1.807, 2.05) is 0 Å². The van der Waals surface area contributed by atoms with E-state index < -0.39 is 0 Å². The maximum Gasteiger partial charge on any atom is 0.127 e. The van der Waals surface area contributed by atoms with Gasteiger partial charge >= 0.3 is 0 Å². The van der Waals surface area contributed by atoms with Gasteiger partial charge in [0.25, 0.3) is 0 Å². The molecule has 0 amide bonds. The molecule has 0 radical (unpaired) electrons. The fourth-order valence-corrected chi connectivity index (χ4v) is 2.31. The Hall–Kier alpha value is -1.06. The Morgan fingerprint density at radius 2 is 2.35 bits per heavy atom. The predicted molar refractivity (Wildman–Crippen MR) is 68.3 cm³/mol. The summed E-state index contributed by atoms with van der Waals surface area (Å²) in [5.41, 5.74) is 8.68. The van der Waals surface area contributed by atoms with Gasteiger partial charge in [0.2, 0.25) is 0 Å². The van der Waals surface area contributed by atoms with Crippen LogP contribution in [-0.2, 0) is 11.2 Å². The molecular formula is C14H21NO2. The molecule has 1 aliphatic heterocycles. The van der Waals surface area contributed by atoms with Gasteiger partial charge in [-0.3, -0.25) is 0 Å². The molecule has 0 aromatic heterocycles. The number of hydrogen-bond donors (Lipinski definition) is 1. The fourth-order valence-electron chi connectivity index (χ4n) is 2.31. The summed E-state index contributed by atoms with van der Waals surface area (Å²) in [6.07, 6.45) is 4.14. The maximum absolute atomic E-state index is 6.22. The lowest BCUT2D eigenvalue weighted by molar-refractivity contribution is 0.190. The SMILES string of the molecule is COCCCC(N)c1cccc2c1OCCC2. The van der Waals surface area contributed by atoms with Gasteiger partial charge in [-0.2, -0.15) is 0 Å². The Kier molecular flexibility index (Phi) is 4.40. The molecule has 0 bridgehead atoms. The Morgan fingerprint density at radius 1 is 1.47 bits per heavy atom. The van der Waals surface area contributed by atoms with Crippen LogP contribution in [0.15, 0.2) is 18.2 Å². The molecule has 0 saturated heterocycles. The number of benzene rings is 1. The highest BCUT2D eigenvalue weighted by molar-refractivity contribution is 5.44. The minimum Gasteiger partial charge on any atom is -0.493 e. The van der Waals surface area contributed by atoms with E-state index in [1.165, 1.54) is 5.56 Å². The third kappa shape index (κ3) is 2.99. The lowest BCUT2D eigenvalue weighted by Gasteiger charge is -2.23. The van der Waals surface area contributed by atoms with Crippen molar-refractivity contribution < 1.29 is 9.47 Å². The van der Waals surface area contributed by atoms with Gasteiger partial charge in [0.05, 0.1) is 6.61 Å². The molecule has 0 aliphatic carbocycles. The average molecular weight is 235 g/mol. The van der Waals surface area contributed by atoms with Crippen molar-refractivity contribution in [1.82, 2.24) is 0 Å². The van der Waals surface area contributed by atoms with Crippen molar-refractivity contribution in [3.63, 3.8) is 0 Å². The van der Waals surface area contributed by atoms with E-state index in [0.717, 1.165) is 50.2 Å². The smallest absolute Gasteiger partial charge is 0.127 e. The summed E-state index contributed by atoms with van der Waals surface area (Å²) in [5, 5.41) is 0. The Morgan fingerprint density at radius 3 is 3.18 bits per heavy atom. The normalized spacial score (nSPS) is 16.1. The largest absolute Gasteiger partial charge is 0.493 e. The number of nitrogens with two attached hydrogens (primary N) is 1. The molecule has 1 atom stereocenters. The number of para-hydroxylation sites is 1. The molecule has 17 heavy (non-hydrogen) atoms. The van der Waals surface area contributed by atoms with E-state index in [4.69, 9.17) is 15.2 Å². The van der Waals surface area contributed by atoms with Crippen molar-refractivity contribution >= 4 is 0 Å². The zero-order chi connectivity index (χ0) is 12.1. The van der Waals surface area contributed by atoms with Crippen molar-refractivity contribution in [2.45, 2.75) is 31.7 Å².